The minimum absolute atomic E-state index is 0.0222. The molecule has 1 saturated heterocycles. The third-order valence-corrected chi connectivity index (χ3v) is 5.24. The Kier molecular flexibility index (Phi) is 4.60. The summed E-state index contributed by atoms with van der Waals surface area (Å²) >= 11 is 7.57. The van der Waals surface area contributed by atoms with Crippen LogP contribution in [0.5, 0.6) is 0 Å². The molecule has 3 nitrogen and oxygen atoms in total. The van der Waals surface area contributed by atoms with Gasteiger partial charge in [-0.05, 0) is 36.4 Å². The molecule has 1 aliphatic heterocycles. The van der Waals surface area contributed by atoms with Gasteiger partial charge in [-0.25, -0.2) is 0 Å². The maximum Gasteiger partial charge on any atom is 0.255 e. The normalized spacial score (nSPS) is 15.8. The number of carbonyl (C=O) groups is 2. The number of hydrogen-bond donors (Lipinski definition) is 0. The van der Waals surface area contributed by atoms with Crippen molar-refractivity contribution in [1.29, 1.82) is 0 Å². The second-order valence-corrected chi connectivity index (χ2v) is 6.74. The first kappa shape index (κ1) is 15.3. The largest absolute Gasteiger partial charge is 0.339 e. The summed E-state index contributed by atoms with van der Waals surface area (Å²) in [5.74, 6) is 0.182. The summed E-state index contributed by atoms with van der Waals surface area (Å²) in [5, 5.41) is 2.40. The highest BCUT2D eigenvalue weighted by Gasteiger charge is 2.29. The van der Waals surface area contributed by atoms with Gasteiger partial charge in [-0.1, -0.05) is 29.8 Å². The zero-order valence-corrected chi connectivity index (χ0v) is 13.6. The van der Waals surface area contributed by atoms with Crippen LogP contribution < -0.4 is 0 Å². The van der Waals surface area contributed by atoms with E-state index in [1.807, 2.05) is 29.6 Å². The number of carbonyl (C=O) groups excluding carboxylic acids is 2. The van der Waals surface area contributed by atoms with Gasteiger partial charge in [0.1, 0.15) is 0 Å². The van der Waals surface area contributed by atoms with Gasteiger partial charge in [-0.2, -0.15) is 0 Å². The first-order valence-electron chi connectivity index (χ1n) is 7.28. The molecular formula is C17H16ClNO2S. The molecule has 1 fully saturated rings. The molecule has 1 amide bonds. The summed E-state index contributed by atoms with van der Waals surface area (Å²) in [4.78, 5) is 27.4. The van der Waals surface area contributed by atoms with Crippen molar-refractivity contribution in [1.82, 2.24) is 4.90 Å². The van der Waals surface area contributed by atoms with Crippen molar-refractivity contribution in [2.24, 2.45) is 5.92 Å². The summed E-state index contributed by atoms with van der Waals surface area (Å²) in [5.41, 5.74) is 0.534. The third-order valence-electron chi connectivity index (χ3n) is 4.02. The van der Waals surface area contributed by atoms with Crippen molar-refractivity contribution < 1.29 is 9.59 Å². The lowest BCUT2D eigenvalue weighted by Gasteiger charge is -2.31. The van der Waals surface area contributed by atoms with Crippen LogP contribution >= 0.6 is 22.9 Å². The van der Waals surface area contributed by atoms with Crippen LogP contribution in [0.25, 0.3) is 0 Å². The summed E-state index contributed by atoms with van der Waals surface area (Å²) in [6, 6.07) is 10.9. The van der Waals surface area contributed by atoms with Crippen LogP contribution in [0.1, 0.15) is 32.9 Å². The van der Waals surface area contributed by atoms with Crippen molar-refractivity contribution in [2.45, 2.75) is 12.8 Å². The van der Waals surface area contributed by atoms with Crippen molar-refractivity contribution in [3.05, 3.63) is 57.2 Å². The van der Waals surface area contributed by atoms with E-state index in [0.29, 0.717) is 36.5 Å². The Balaban J connectivity index is 1.63. The van der Waals surface area contributed by atoms with Gasteiger partial charge >= 0.3 is 0 Å². The van der Waals surface area contributed by atoms with Crippen molar-refractivity contribution in [3.63, 3.8) is 0 Å². The predicted octanol–water partition coefficient (Wildman–Crippen LogP) is 4.14. The van der Waals surface area contributed by atoms with Gasteiger partial charge in [-0.3, -0.25) is 9.59 Å². The average molecular weight is 334 g/mol. The minimum atomic E-state index is -0.0485. The zero-order valence-electron chi connectivity index (χ0n) is 12.0. The maximum absolute atomic E-state index is 12.5. The number of ketones is 1. The number of thiophene rings is 1. The molecule has 0 N–H and O–H groups in total. The molecule has 1 aliphatic rings. The topological polar surface area (TPSA) is 37.4 Å². The fourth-order valence-corrected chi connectivity index (χ4v) is 3.73. The van der Waals surface area contributed by atoms with Gasteiger partial charge in [0.25, 0.3) is 5.91 Å². The Morgan fingerprint density at radius 1 is 1.09 bits per heavy atom. The minimum Gasteiger partial charge on any atom is -0.339 e. The van der Waals surface area contributed by atoms with Gasteiger partial charge in [0.15, 0.2) is 5.78 Å². The van der Waals surface area contributed by atoms with E-state index >= 15 is 0 Å². The number of amides is 1. The molecule has 22 heavy (non-hydrogen) atoms. The maximum atomic E-state index is 12.5. The number of rotatable bonds is 3. The second-order valence-electron chi connectivity index (χ2n) is 5.39. The number of piperidine rings is 1. The Hall–Kier alpha value is -1.65. The van der Waals surface area contributed by atoms with Crippen LogP contribution in [-0.4, -0.2) is 29.7 Å². The number of nitrogens with zero attached hydrogens (tertiary/aromatic N) is 1. The molecule has 2 heterocycles. The van der Waals surface area contributed by atoms with Crippen molar-refractivity contribution >= 4 is 34.6 Å². The van der Waals surface area contributed by atoms with Crippen LogP contribution in [-0.2, 0) is 0 Å². The van der Waals surface area contributed by atoms with E-state index < -0.39 is 0 Å². The summed E-state index contributed by atoms with van der Waals surface area (Å²) in [6.07, 6.45) is 1.43. The molecular weight excluding hydrogens is 318 g/mol. The Labute approximate surface area is 138 Å². The SMILES string of the molecule is O=C(c1cccs1)C1CCN(C(=O)c2ccccc2Cl)CC1. The molecule has 3 rings (SSSR count). The highest BCUT2D eigenvalue weighted by molar-refractivity contribution is 7.12. The first-order chi connectivity index (χ1) is 10.7. The molecule has 114 valence electrons. The lowest BCUT2D eigenvalue weighted by molar-refractivity contribution is 0.0651. The highest BCUT2D eigenvalue weighted by atomic mass is 35.5. The lowest BCUT2D eigenvalue weighted by Crippen LogP contribution is -2.40. The highest BCUT2D eigenvalue weighted by Crippen LogP contribution is 2.26. The monoisotopic (exact) mass is 333 g/mol. The zero-order chi connectivity index (χ0) is 15.5. The van der Waals surface area contributed by atoms with Crippen molar-refractivity contribution in [2.75, 3.05) is 13.1 Å². The van der Waals surface area contributed by atoms with Gasteiger partial charge in [0.2, 0.25) is 0 Å². The molecule has 5 heteroatoms. The van der Waals surface area contributed by atoms with Crippen LogP contribution in [0.3, 0.4) is 0 Å². The van der Waals surface area contributed by atoms with E-state index in [1.54, 1.807) is 17.0 Å². The van der Waals surface area contributed by atoms with E-state index in [9.17, 15) is 9.59 Å². The standard InChI is InChI=1S/C17H16ClNO2S/c18-14-5-2-1-4-13(14)17(21)19-9-7-12(8-10-19)16(20)15-6-3-11-22-15/h1-6,11-12H,7-10H2. The molecule has 0 unspecified atom stereocenters. The summed E-state index contributed by atoms with van der Waals surface area (Å²) in [6.45, 7) is 1.21. The van der Waals surface area contributed by atoms with E-state index in [4.69, 9.17) is 11.6 Å². The van der Waals surface area contributed by atoms with Crippen LogP contribution in [0.2, 0.25) is 5.02 Å². The van der Waals surface area contributed by atoms with E-state index in [2.05, 4.69) is 0 Å². The predicted molar refractivity (Wildman–Crippen MR) is 88.7 cm³/mol. The quantitative estimate of drug-likeness (QED) is 0.792. The number of likely N-dealkylation sites (tertiary alicyclic amines) is 1. The first-order valence-corrected chi connectivity index (χ1v) is 8.54. The molecule has 2 aromatic rings. The smallest absolute Gasteiger partial charge is 0.255 e. The molecule has 0 atom stereocenters. The van der Waals surface area contributed by atoms with Crippen LogP contribution in [0.15, 0.2) is 41.8 Å². The summed E-state index contributed by atoms with van der Waals surface area (Å²) < 4.78 is 0. The fourth-order valence-electron chi connectivity index (χ4n) is 2.77. The Bertz CT molecular complexity index is 676. The van der Waals surface area contributed by atoms with E-state index in [1.165, 1.54) is 11.3 Å². The lowest BCUT2D eigenvalue weighted by atomic mass is 9.91. The average Bonchev–Trinajstić information content (AvgIpc) is 3.09. The van der Waals surface area contributed by atoms with E-state index in [0.717, 1.165) is 4.88 Å². The van der Waals surface area contributed by atoms with Crippen molar-refractivity contribution in [3.8, 4) is 0 Å². The second kappa shape index (κ2) is 6.63. The van der Waals surface area contributed by atoms with Gasteiger partial charge in [0, 0.05) is 19.0 Å². The van der Waals surface area contributed by atoms with E-state index in [-0.39, 0.29) is 17.6 Å². The molecule has 0 bridgehead atoms. The molecule has 0 saturated carbocycles. The number of halogens is 1. The van der Waals surface area contributed by atoms with Gasteiger partial charge < -0.3 is 4.90 Å². The summed E-state index contributed by atoms with van der Waals surface area (Å²) in [7, 11) is 0. The van der Waals surface area contributed by atoms with Crippen LogP contribution in [0.4, 0.5) is 0 Å². The Morgan fingerprint density at radius 3 is 2.45 bits per heavy atom. The van der Waals surface area contributed by atoms with Gasteiger partial charge in [-0.15, -0.1) is 11.3 Å². The molecule has 1 aromatic carbocycles. The Morgan fingerprint density at radius 2 is 1.82 bits per heavy atom. The fraction of sp³-hybridized carbons (Fsp3) is 0.294. The molecule has 1 aromatic heterocycles. The third kappa shape index (κ3) is 3.08. The molecule has 0 spiro atoms. The number of Topliss-reactive ketones (excluding diaryl/α,β-unsaturated/α-hetero) is 1. The molecule has 0 aliphatic carbocycles. The number of benzene rings is 1. The van der Waals surface area contributed by atoms with Crippen LogP contribution in [0, 0.1) is 5.92 Å². The molecule has 0 radical (unpaired) electrons. The number of hydrogen-bond acceptors (Lipinski definition) is 3. The van der Waals surface area contributed by atoms with Gasteiger partial charge in [0.05, 0.1) is 15.5 Å².